The van der Waals surface area contributed by atoms with E-state index in [0.717, 1.165) is 10.6 Å². The van der Waals surface area contributed by atoms with Crippen molar-refractivity contribution < 1.29 is 18.7 Å². The predicted octanol–water partition coefficient (Wildman–Crippen LogP) is 4.78. The van der Waals surface area contributed by atoms with Gasteiger partial charge in [-0.15, -0.1) is 11.3 Å². The molecule has 0 spiro atoms. The SMILES string of the molecule is CCOC(=O)C1=C(C)NC2=C(C(=O)CC(c3cccs3)C2)C1c1coc2ccccc2c1=O. The van der Waals surface area contributed by atoms with Gasteiger partial charge in [-0.05, 0) is 43.8 Å². The number of fused-ring (bicyclic) bond motifs is 1. The van der Waals surface area contributed by atoms with E-state index in [1.54, 1.807) is 49.4 Å². The smallest absolute Gasteiger partial charge is 0.336 e. The molecule has 3 heterocycles. The van der Waals surface area contributed by atoms with Crippen molar-refractivity contribution >= 4 is 34.1 Å². The van der Waals surface area contributed by atoms with Crippen LogP contribution in [0.2, 0.25) is 0 Å². The molecule has 2 atom stereocenters. The number of carbonyl (C=O) groups is 2. The number of hydrogen-bond donors (Lipinski definition) is 1. The normalized spacial score (nSPS) is 20.6. The molecule has 0 amide bonds. The fourth-order valence-electron chi connectivity index (χ4n) is 4.85. The second-order valence-electron chi connectivity index (χ2n) is 8.27. The highest BCUT2D eigenvalue weighted by atomic mass is 32.1. The van der Waals surface area contributed by atoms with Crippen LogP contribution < -0.4 is 10.7 Å². The third kappa shape index (κ3) is 3.62. The van der Waals surface area contributed by atoms with E-state index in [1.165, 1.54) is 6.26 Å². The summed E-state index contributed by atoms with van der Waals surface area (Å²) in [7, 11) is 0. The monoisotopic (exact) mass is 461 g/mol. The van der Waals surface area contributed by atoms with Crippen LogP contribution in [0.5, 0.6) is 0 Å². The molecule has 2 aromatic heterocycles. The largest absolute Gasteiger partial charge is 0.464 e. The van der Waals surface area contributed by atoms with E-state index in [-0.39, 0.29) is 34.9 Å². The molecular weight excluding hydrogens is 438 g/mol. The van der Waals surface area contributed by atoms with Crippen LogP contribution in [-0.2, 0) is 14.3 Å². The van der Waals surface area contributed by atoms with Gasteiger partial charge in [0.1, 0.15) is 5.58 Å². The molecule has 0 saturated heterocycles. The molecule has 7 heteroatoms. The number of dihydropyridines is 1. The second kappa shape index (κ2) is 8.48. The summed E-state index contributed by atoms with van der Waals surface area (Å²) in [6, 6.07) is 11.0. The van der Waals surface area contributed by atoms with Crippen molar-refractivity contribution in [3.8, 4) is 0 Å². The van der Waals surface area contributed by atoms with Crippen molar-refractivity contribution in [1.82, 2.24) is 5.32 Å². The Bertz CT molecular complexity index is 1380. The minimum Gasteiger partial charge on any atom is -0.464 e. The van der Waals surface area contributed by atoms with E-state index in [4.69, 9.17) is 9.15 Å². The Labute approximate surface area is 194 Å². The molecule has 33 heavy (non-hydrogen) atoms. The number of thiophene rings is 1. The molecule has 0 fully saturated rings. The molecular formula is C26H23NO5S. The standard InChI is InChI=1S/C26H23NO5S/c1-3-31-26(30)22-14(2)27-18-11-15(21-9-6-10-33-21)12-19(28)24(18)23(22)17-13-32-20-8-5-4-7-16(20)25(17)29/h4-10,13,15,23,27H,3,11-12H2,1-2H3. The van der Waals surface area contributed by atoms with E-state index in [9.17, 15) is 14.4 Å². The maximum Gasteiger partial charge on any atom is 0.336 e. The number of carbonyl (C=O) groups excluding carboxylic acids is 2. The number of para-hydroxylation sites is 1. The van der Waals surface area contributed by atoms with Gasteiger partial charge in [0.2, 0.25) is 0 Å². The molecule has 0 bridgehead atoms. The Balaban J connectivity index is 1.69. The van der Waals surface area contributed by atoms with Gasteiger partial charge in [0.15, 0.2) is 11.2 Å². The zero-order valence-electron chi connectivity index (χ0n) is 18.3. The van der Waals surface area contributed by atoms with Crippen LogP contribution >= 0.6 is 11.3 Å². The van der Waals surface area contributed by atoms with E-state index in [0.29, 0.717) is 35.1 Å². The number of rotatable bonds is 4. The van der Waals surface area contributed by atoms with Crippen molar-refractivity contribution in [1.29, 1.82) is 0 Å². The molecule has 3 aromatic rings. The number of ketones is 1. The first-order chi connectivity index (χ1) is 16.0. The molecule has 1 aromatic carbocycles. The Morgan fingerprint density at radius 3 is 2.76 bits per heavy atom. The fraction of sp³-hybridized carbons (Fsp3) is 0.269. The van der Waals surface area contributed by atoms with Gasteiger partial charge in [-0.1, -0.05) is 18.2 Å². The average Bonchev–Trinajstić information content (AvgIpc) is 3.34. The molecule has 5 rings (SSSR count). The minimum atomic E-state index is -0.835. The van der Waals surface area contributed by atoms with E-state index >= 15 is 0 Å². The molecule has 1 N–H and O–H groups in total. The average molecular weight is 462 g/mol. The number of hydrogen-bond acceptors (Lipinski definition) is 7. The lowest BCUT2D eigenvalue weighted by Crippen LogP contribution is -2.37. The summed E-state index contributed by atoms with van der Waals surface area (Å²) in [6.45, 7) is 3.70. The van der Waals surface area contributed by atoms with Crippen LogP contribution in [0.3, 0.4) is 0 Å². The topological polar surface area (TPSA) is 85.6 Å². The Morgan fingerprint density at radius 2 is 2.00 bits per heavy atom. The van der Waals surface area contributed by atoms with Gasteiger partial charge in [-0.25, -0.2) is 4.79 Å². The molecule has 2 aliphatic rings. The zero-order valence-corrected chi connectivity index (χ0v) is 19.2. The second-order valence-corrected chi connectivity index (χ2v) is 9.25. The summed E-state index contributed by atoms with van der Waals surface area (Å²) >= 11 is 1.63. The van der Waals surface area contributed by atoms with Gasteiger partial charge in [0.25, 0.3) is 0 Å². The highest BCUT2D eigenvalue weighted by Crippen LogP contribution is 2.45. The van der Waals surface area contributed by atoms with Crippen molar-refractivity contribution in [2.24, 2.45) is 0 Å². The van der Waals surface area contributed by atoms with Crippen LogP contribution in [0.25, 0.3) is 11.0 Å². The zero-order chi connectivity index (χ0) is 23.1. The van der Waals surface area contributed by atoms with Gasteiger partial charge >= 0.3 is 5.97 Å². The number of benzene rings is 1. The van der Waals surface area contributed by atoms with Crippen LogP contribution in [-0.4, -0.2) is 18.4 Å². The highest BCUT2D eigenvalue weighted by molar-refractivity contribution is 7.10. The lowest BCUT2D eigenvalue weighted by molar-refractivity contribution is -0.138. The third-order valence-corrected chi connectivity index (χ3v) is 7.32. The number of Topliss-reactive ketones (excluding diaryl/α,β-unsaturated/α-hetero) is 1. The maximum atomic E-state index is 13.5. The highest BCUT2D eigenvalue weighted by Gasteiger charge is 2.42. The summed E-state index contributed by atoms with van der Waals surface area (Å²) < 4.78 is 11.1. The van der Waals surface area contributed by atoms with Crippen LogP contribution in [0, 0.1) is 0 Å². The van der Waals surface area contributed by atoms with Gasteiger partial charge < -0.3 is 14.5 Å². The number of esters is 1. The fourth-order valence-corrected chi connectivity index (χ4v) is 5.68. The van der Waals surface area contributed by atoms with Crippen LogP contribution in [0.15, 0.2) is 79.8 Å². The molecule has 168 valence electrons. The number of allylic oxidation sites excluding steroid dienone is 3. The first-order valence-corrected chi connectivity index (χ1v) is 11.8. The summed E-state index contributed by atoms with van der Waals surface area (Å²) in [6.07, 6.45) is 2.34. The van der Waals surface area contributed by atoms with Crippen molar-refractivity contribution in [3.05, 3.63) is 91.2 Å². The Hall–Kier alpha value is -3.45. The number of ether oxygens (including phenoxy) is 1. The van der Waals surface area contributed by atoms with Gasteiger partial charge in [0, 0.05) is 39.7 Å². The van der Waals surface area contributed by atoms with Crippen molar-refractivity contribution in [2.75, 3.05) is 6.61 Å². The van der Waals surface area contributed by atoms with Gasteiger partial charge in [-0.3, -0.25) is 9.59 Å². The quantitative estimate of drug-likeness (QED) is 0.563. The summed E-state index contributed by atoms with van der Waals surface area (Å²) in [5, 5.41) is 5.71. The van der Waals surface area contributed by atoms with Crippen LogP contribution in [0.4, 0.5) is 0 Å². The number of nitrogens with one attached hydrogen (secondary N) is 1. The summed E-state index contributed by atoms with van der Waals surface area (Å²) in [5.41, 5.74) is 2.56. The van der Waals surface area contributed by atoms with E-state index in [1.807, 2.05) is 17.5 Å². The predicted molar refractivity (Wildman–Crippen MR) is 126 cm³/mol. The lowest BCUT2D eigenvalue weighted by atomic mass is 9.73. The van der Waals surface area contributed by atoms with Crippen LogP contribution in [0.1, 0.15) is 49.0 Å². The van der Waals surface area contributed by atoms with Crippen molar-refractivity contribution in [2.45, 2.75) is 38.5 Å². The minimum absolute atomic E-state index is 0.0642. The summed E-state index contributed by atoms with van der Waals surface area (Å²) in [5.74, 6) is -1.39. The Kier molecular flexibility index (Phi) is 5.50. The first kappa shape index (κ1) is 21.4. The maximum absolute atomic E-state index is 13.5. The molecule has 1 aliphatic heterocycles. The molecule has 0 saturated carbocycles. The first-order valence-electron chi connectivity index (χ1n) is 10.9. The third-order valence-electron chi connectivity index (χ3n) is 6.29. The Morgan fingerprint density at radius 1 is 1.18 bits per heavy atom. The lowest BCUT2D eigenvalue weighted by Gasteiger charge is -2.36. The molecule has 0 radical (unpaired) electrons. The molecule has 1 aliphatic carbocycles. The van der Waals surface area contributed by atoms with Gasteiger partial charge in [0.05, 0.1) is 29.7 Å². The van der Waals surface area contributed by atoms with Gasteiger partial charge in [-0.2, -0.15) is 0 Å². The molecule has 6 nitrogen and oxygen atoms in total. The summed E-state index contributed by atoms with van der Waals surface area (Å²) in [4.78, 5) is 41.2. The van der Waals surface area contributed by atoms with E-state index in [2.05, 4.69) is 5.32 Å². The van der Waals surface area contributed by atoms with Crippen molar-refractivity contribution in [3.63, 3.8) is 0 Å². The molecule has 2 unspecified atom stereocenters. The van der Waals surface area contributed by atoms with E-state index < -0.39 is 11.9 Å².